The number of aryl methyl sites for hydroxylation is 1. The second-order valence-electron chi connectivity index (χ2n) is 4.80. The highest BCUT2D eigenvalue weighted by Crippen LogP contribution is 2.25. The number of rotatable bonds is 6. The molecule has 1 aromatic carbocycles. The van der Waals surface area contributed by atoms with E-state index >= 15 is 0 Å². The van der Waals surface area contributed by atoms with E-state index in [-0.39, 0.29) is 0 Å². The minimum absolute atomic E-state index is 0.312. The van der Waals surface area contributed by atoms with Gasteiger partial charge < -0.3 is 4.74 Å². The Morgan fingerprint density at radius 1 is 1.30 bits per heavy atom. The first-order valence-corrected chi connectivity index (χ1v) is 8.50. The zero-order valence-electron chi connectivity index (χ0n) is 12.1. The van der Waals surface area contributed by atoms with Gasteiger partial charge in [-0.25, -0.2) is 0 Å². The molecule has 0 atom stereocenters. The Morgan fingerprint density at radius 2 is 2.05 bits per heavy atom. The molecule has 112 valence electrons. The molecule has 0 bridgehead atoms. The SMILES string of the molecule is CCN(CC)S(=O)(=O)NCc1ccc2c(c1)CCCO2. The summed E-state index contributed by atoms with van der Waals surface area (Å²) in [6.07, 6.45) is 2.01. The molecule has 0 saturated heterocycles. The van der Waals surface area contributed by atoms with Crippen molar-refractivity contribution in [1.29, 1.82) is 0 Å². The standard InChI is InChI=1S/C14H22N2O3S/c1-3-16(4-2)20(17,18)15-11-12-7-8-14-13(10-12)6-5-9-19-14/h7-8,10,15H,3-6,9,11H2,1-2H3. The van der Waals surface area contributed by atoms with Gasteiger partial charge in [-0.05, 0) is 30.0 Å². The summed E-state index contributed by atoms with van der Waals surface area (Å²) in [6, 6.07) is 5.86. The molecule has 20 heavy (non-hydrogen) atoms. The first kappa shape index (κ1) is 15.3. The van der Waals surface area contributed by atoms with Crippen LogP contribution in [-0.4, -0.2) is 32.4 Å². The normalized spacial score (nSPS) is 14.9. The largest absolute Gasteiger partial charge is 0.493 e. The van der Waals surface area contributed by atoms with Crippen LogP contribution < -0.4 is 9.46 Å². The summed E-state index contributed by atoms with van der Waals surface area (Å²) < 4.78 is 33.7. The molecule has 1 aliphatic rings. The Balaban J connectivity index is 2.04. The lowest BCUT2D eigenvalue weighted by Gasteiger charge is -2.20. The van der Waals surface area contributed by atoms with Gasteiger partial charge >= 0.3 is 0 Å². The molecule has 1 N–H and O–H groups in total. The van der Waals surface area contributed by atoms with Gasteiger partial charge in [0, 0.05) is 19.6 Å². The smallest absolute Gasteiger partial charge is 0.279 e. The van der Waals surface area contributed by atoms with Crippen LogP contribution in [0.1, 0.15) is 31.4 Å². The Kier molecular flexibility index (Phi) is 5.01. The molecule has 0 amide bonds. The summed E-state index contributed by atoms with van der Waals surface area (Å²) in [5.74, 6) is 0.923. The number of fused-ring (bicyclic) bond motifs is 1. The van der Waals surface area contributed by atoms with Crippen LogP contribution in [0, 0.1) is 0 Å². The van der Waals surface area contributed by atoms with E-state index < -0.39 is 10.2 Å². The van der Waals surface area contributed by atoms with Crippen molar-refractivity contribution in [3.63, 3.8) is 0 Å². The van der Waals surface area contributed by atoms with E-state index in [2.05, 4.69) is 4.72 Å². The molecule has 5 nitrogen and oxygen atoms in total. The lowest BCUT2D eigenvalue weighted by molar-refractivity contribution is 0.288. The molecule has 2 rings (SSSR count). The van der Waals surface area contributed by atoms with Crippen molar-refractivity contribution in [3.8, 4) is 5.75 Å². The van der Waals surface area contributed by atoms with E-state index in [1.54, 1.807) is 0 Å². The highest BCUT2D eigenvalue weighted by molar-refractivity contribution is 7.87. The number of hydrogen-bond acceptors (Lipinski definition) is 3. The summed E-state index contributed by atoms with van der Waals surface area (Å²) in [7, 11) is -3.39. The van der Waals surface area contributed by atoms with Crippen molar-refractivity contribution >= 4 is 10.2 Å². The van der Waals surface area contributed by atoms with Crippen molar-refractivity contribution < 1.29 is 13.2 Å². The molecule has 0 aromatic heterocycles. The van der Waals surface area contributed by atoms with Gasteiger partial charge in [0.05, 0.1) is 6.61 Å². The molecule has 0 saturated carbocycles. The van der Waals surface area contributed by atoms with E-state index in [9.17, 15) is 8.42 Å². The summed E-state index contributed by atoms with van der Waals surface area (Å²) in [6.45, 7) is 5.69. The minimum Gasteiger partial charge on any atom is -0.493 e. The number of ether oxygens (including phenoxy) is 1. The first-order chi connectivity index (χ1) is 9.56. The topological polar surface area (TPSA) is 58.6 Å². The van der Waals surface area contributed by atoms with Gasteiger partial charge in [0.1, 0.15) is 5.75 Å². The number of hydrogen-bond donors (Lipinski definition) is 1. The van der Waals surface area contributed by atoms with E-state index in [1.807, 2.05) is 32.0 Å². The molecule has 0 spiro atoms. The second kappa shape index (κ2) is 6.56. The van der Waals surface area contributed by atoms with Gasteiger partial charge in [0.2, 0.25) is 0 Å². The predicted molar refractivity (Wildman–Crippen MR) is 78.9 cm³/mol. The molecular formula is C14H22N2O3S. The Labute approximate surface area is 121 Å². The van der Waals surface area contributed by atoms with E-state index in [0.29, 0.717) is 19.6 Å². The first-order valence-electron chi connectivity index (χ1n) is 7.06. The summed E-state index contributed by atoms with van der Waals surface area (Å²) in [4.78, 5) is 0. The van der Waals surface area contributed by atoms with Crippen molar-refractivity contribution in [2.24, 2.45) is 0 Å². The van der Waals surface area contributed by atoms with Gasteiger partial charge in [-0.3, -0.25) is 0 Å². The maximum Gasteiger partial charge on any atom is 0.279 e. The average molecular weight is 298 g/mol. The average Bonchev–Trinajstić information content (AvgIpc) is 2.46. The van der Waals surface area contributed by atoms with Crippen molar-refractivity contribution in [2.45, 2.75) is 33.2 Å². The zero-order chi connectivity index (χ0) is 14.6. The van der Waals surface area contributed by atoms with Crippen LogP contribution in [0.4, 0.5) is 0 Å². The second-order valence-corrected chi connectivity index (χ2v) is 6.56. The number of benzene rings is 1. The van der Waals surface area contributed by atoms with Crippen LogP contribution >= 0.6 is 0 Å². The van der Waals surface area contributed by atoms with Crippen LogP contribution in [0.2, 0.25) is 0 Å². The van der Waals surface area contributed by atoms with Gasteiger partial charge in [-0.2, -0.15) is 17.4 Å². The molecule has 1 aliphatic heterocycles. The van der Waals surface area contributed by atoms with Crippen LogP contribution in [0.25, 0.3) is 0 Å². The maximum atomic E-state index is 12.0. The van der Waals surface area contributed by atoms with Gasteiger partial charge in [0.15, 0.2) is 0 Å². The molecule has 1 aromatic rings. The van der Waals surface area contributed by atoms with Crippen LogP contribution in [0.15, 0.2) is 18.2 Å². The molecule has 6 heteroatoms. The van der Waals surface area contributed by atoms with Gasteiger partial charge in [-0.15, -0.1) is 0 Å². The van der Waals surface area contributed by atoms with Gasteiger partial charge in [0.25, 0.3) is 10.2 Å². The van der Waals surface area contributed by atoms with Crippen LogP contribution in [-0.2, 0) is 23.2 Å². The third kappa shape index (κ3) is 3.50. The maximum absolute atomic E-state index is 12.0. The van der Waals surface area contributed by atoms with Crippen LogP contribution in [0.5, 0.6) is 5.75 Å². The minimum atomic E-state index is -3.39. The highest BCUT2D eigenvalue weighted by Gasteiger charge is 2.18. The lowest BCUT2D eigenvalue weighted by atomic mass is 10.0. The Bertz CT molecular complexity index is 554. The number of nitrogens with one attached hydrogen (secondary N) is 1. The third-order valence-corrected chi connectivity index (χ3v) is 5.18. The van der Waals surface area contributed by atoms with Crippen molar-refractivity contribution in [2.75, 3.05) is 19.7 Å². The third-order valence-electron chi connectivity index (χ3n) is 3.48. The quantitative estimate of drug-likeness (QED) is 0.869. The lowest BCUT2D eigenvalue weighted by Crippen LogP contribution is -2.40. The fourth-order valence-corrected chi connectivity index (χ4v) is 3.56. The zero-order valence-corrected chi connectivity index (χ0v) is 12.9. The molecule has 1 heterocycles. The van der Waals surface area contributed by atoms with Crippen molar-refractivity contribution in [3.05, 3.63) is 29.3 Å². The van der Waals surface area contributed by atoms with Crippen LogP contribution in [0.3, 0.4) is 0 Å². The molecule has 0 aliphatic carbocycles. The predicted octanol–water partition coefficient (Wildman–Crippen LogP) is 1.69. The Morgan fingerprint density at radius 3 is 2.75 bits per heavy atom. The fourth-order valence-electron chi connectivity index (χ4n) is 2.35. The highest BCUT2D eigenvalue weighted by atomic mass is 32.2. The monoisotopic (exact) mass is 298 g/mol. The molecule has 0 radical (unpaired) electrons. The van der Waals surface area contributed by atoms with E-state index in [4.69, 9.17) is 4.74 Å². The molecule has 0 fully saturated rings. The van der Waals surface area contributed by atoms with E-state index in [0.717, 1.165) is 36.3 Å². The molecule has 0 unspecified atom stereocenters. The van der Waals surface area contributed by atoms with Crippen molar-refractivity contribution in [1.82, 2.24) is 9.03 Å². The summed E-state index contributed by atoms with van der Waals surface area (Å²) in [5, 5.41) is 0. The summed E-state index contributed by atoms with van der Waals surface area (Å²) in [5.41, 5.74) is 2.13. The number of nitrogens with zero attached hydrogens (tertiary/aromatic N) is 1. The van der Waals surface area contributed by atoms with E-state index in [1.165, 1.54) is 4.31 Å². The van der Waals surface area contributed by atoms with Gasteiger partial charge in [-0.1, -0.05) is 26.0 Å². The fraction of sp³-hybridized carbons (Fsp3) is 0.571. The molecular weight excluding hydrogens is 276 g/mol. The Hall–Kier alpha value is -1.11. The summed E-state index contributed by atoms with van der Waals surface area (Å²) >= 11 is 0.